The molecule has 6 rings (SSSR count). The van der Waals surface area contributed by atoms with Crippen LogP contribution in [-0.2, 0) is 43.9 Å². The molecular weight excluding hydrogens is 661 g/mol. The summed E-state index contributed by atoms with van der Waals surface area (Å²) in [5.41, 5.74) is 0.459. The van der Waals surface area contributed by atoms with E-state index in [0.717, 1.165) is 25.7 Å². The van der Waals surface area contributed by atoms with Gasteiger partial charge in [-0.25, -0.2) is 4.68 Å². The smallest absolute Gasteiger partial charge is 0.367 e. The predicted molar refractivity (Wildman–Crippen MR) is 164 cm³/mol. The zero-order valence-corrected chi connectivity index (χ0v) is 28.4. The lowest BCUT2D eigenvalue weighted by Gasteiger charge is -2.37. The molecule has 0 amide bonds. The first-order chi connectivity index (χ1) is 22.6. The molecular formula is C27H41ClN9O9P. The van der Waals surface area contributed by atoms with E-state index in [-0.39, 0.29) is 37.5 Å². The Morgan fingerprint density at radius 3 is 2.62 bits per heavy atom. The lowest BCUT2D eigenvalue weighted by atomic mass is 10.1. The second kappa shape index (κ2) is 14.2. The number of aromatic nitrogens is 8. The van der Waals surface area contributed by atoms with Crippen LogP contribution in [0.25, 0.3) is 11.0 Å². The number of aliphatic hydroxyl groups excluding tert-OH is 1. The van der Waals surface area contributed by atoms with Gasteiger partial charge in [-0.05, 0) is 52.1 Å². The first-order valence-electron chi connectivity index (χ1n) is 15.7. The van der Waals surface area contributed by atoms with Crippen molar-refractivity contribution < 1.29 is 42.4 Å². The van der Waals surface area contributed by atoms with Crippen molar-refractivity contribution in [2.75, 3.05) is 38.4 Å². The van der Waals surface area contributed by atoms with E-state index in [1.165, 1.54) is 0 Å². The molecule has 0 unspecified atom stereocenters. The number of rotatable bonds is 16. The molecule has 18 nitrogen and oxygen atoms in total. The average molecular weight is 702 g/mol. The minimum atomic E-state index is -4.14. The van der Waals surface area contributed by atoms with Crippen LogP contribution in [-0.4, -0.2) is 114 Å². The largest absolute Gasteiger partial charge is 0.393 e. The van der Waals surface area contributed by atoms with Crippen LogP contribution in [0.2, 0.25) is 5.28 Å². The number of ether oxygens (including phenoxy) is 5. The van der Waals surface area contributed by atoms with Crippen LogP contribution in [0.4, 0.5) is 5.82 Å². The van der Waals surface area contributed by atoms with Crippen molar-refractivity contribution >= 4 is 36.0 Å². The van der Waals surface area contributed by atoms with Crippen LogP contribution in [0.5, 0.6) is 0 Å². The molecule has 3 aromatic heterocycles. The zero-order valence-electron chi connectivity index (χ0n) is 26.7. The van der Waals surface area contributed by atoms with Crippen molar-refractivity contribution in [3.05, 3.63) is 17.3 Å². The van der Waals surface area contributed by atoms with Gasteiger partial charge in [0.2, 0.25) is 10.6 Å². The zero-order chi connectivity index (χ0) is 33.2. The monoisotopic (exact) mass is 701 g/mol. The maximum absolute atomic E-state index is 14.2. The summed E-state index contributed by atoms with van der Waals surface area (Å²) in [5.74, 6) is -0.110. The van der Waals surface area contributed by atoms with Gasteiger partial charge in [0.15, 0.2) is 23.5 Å². The van der Waals surface area contributed by atoms with Gasteiger partial charge in [0.25, 0.3) is 0 Å². The first-order valence-corrected chi connectivity index (χ1v) is 17.7. The van der Waals surface area contributed by atoms with E-state index in [1.54, 1.807) is 38.6 Å². The number of hydrogen-bond donors (Lipinski definition) is 3. The topological polar surface area (TPSA) is 212 Å². The van der Waals surface area contributed by atoms with Crippen molar-refractivity contribution in [3.63, 3.8) is 0 Å². The van der Waals surface area contributed by atoms with E-state index in [0.29, 0.717) is 22.9 Å². The fourth-order valence-corrected chi connectivity index (χ4v) is 8.27. The number of nitrogens with zero attached hydrogens (tertiary/aromatic N) is 7. The van der Waals surface area contributed by atoms with E-state index in [9.17, 15) is 9.67 Å². The van der Waals surface area contributed by atoms with Gasteiger partial charge in [-0.3, -0.25) is 4.57 Å². The molecule has 0 aromatic carbocycles. The molecule has 20 heteroatoms. The summed E-state index contributed by atoms with van der Waals surface area (Å²) >= 11 is 6.40. The predicted octanol–water partition coefficient (Wildman–Crippen LogP) is 2.95. The molecule has 3 N–H and O–H groups in total. The number of aliphatic hydroxyl groups is 1. The van der Waals surface area contributed by atoms with Crippen LogP contribution in [0.15, 0.2) is 6.20 Å². The molecule has 2 saturated heterocycles. The number of aromatic amines is 1. The number of anilines is 1. The minimum Gasteiger partial charge on any atom is -0.393 e. The molecule has 0 bridgehead atoms. The van der Waals surface area contributed by atoms with Gasteiger partial charge in [0.05, 0.1) is 44.6 Å². The number of H-pyrrole nitrogens is 1. The Labute approximate surface area is 276 Å². The summed E-state index contributed by atoms with van der Waals surface area (Å²) in [4.78, 5) is 8.93. The second-order valence-corrected chi connectivity index (χ2v) is 14.7. The lowest BCUT2D eigenvalue weighted by molar-refractivity contribution is -0.209. The van der Waals surface area contributed by atoms with Gasteiger partial charge < -0.3 is 43.2 Å². The number of fused-ring (bicyclic) bond motifs is 2. The fraction of sp³-hybridized carbons (Fsp3) is 0.778. The van der Waals surface area contributed by atoms with E-state index in [2.05, 4.69) is 41.0 Å². The fourth-order valence-electron chi connectivity index (χ4n) is 6.22. The lowest BCUT2D eigenvalue weighted by Crippen LogP contribution is -2.46. The van der Waals surface area contributed by atoms with Crippen LogP contribution >= 0.6 is 19.2 Å². The summed E-state index contributed by atoms with van der Waals surface area (Å²) in [5, 5.41) is 31.2. The number of halogens is 1. The molecule has 0 radical (unpaired) electrons. The molecule has 260 valence electrons. The Morgan fingerprint density at radius 2 is 1.94 bits per heavy atom. The quantitative estimate of drug-likeness (QED) is 0.145. The number of hydrogen-bond acceptors (Lipinski definition) is 16. The van der Waals surface area contributed by atoms with Crippen molar-refractivity contribution in [2.45, 2.75) is 102 Å². The van der Waals surface area contributed by atoms with E-state index in [1.807, 2.05) is 0 Å². The van der Waals surface area contributed by atoms with Crippen molar-refractivity contribution in [1.82, 2.24) is 40.4 Å². The Balaban J connectivity index is 1.27. The summed E-state index contributed by atoms with van der Waals surface area (Å²) in [6.45, 7) is 5.50. The molecule has 1 aliphatic carbocycles. The Kier molecular flexibility index (Phi) is 10.4. The number of tetrazole rings is 1. The third kappa shape index (κ3) is 7.04. The molecule has 3 aromatic rings. The van der Waals surface area contributed by atoms with Crippen LogP contribution < -0.4 is 5.32 Å². The molecule has 5 heterocycles. The number of nitrogens with one attached hydrogen (secondary N) is 2. The Bertz CT molecular complexity index is 1530. The molecule has 3 aliphatic rings. The highest BCUT2D eigenvalue weighted by molar-refractivity contribution is 7.55. The summed E-state index contributed by atoms with van der Waals surface area (Å²) < 4.78 is 58.2. The minimum absolute atomic E-state index is 0.0272. The highest BCUT2D eigenvalue weighted by Gasteiger charge is 2.59. The van der Waals surface area contributed by atoms with Gasteiger partial charge in [0.1, 0.15) is 30.7 Å². The van der Waals surface area contributed by atoms with Crippen molar-refractivity contribution in [3.8, 4) is 0 Å². The first kappa shape index (κ1) is 34.5. The van der Waals surface area contributed by atoms with Gasteiger partial charge in [-0.1, -0.05) is 18.1 Å². The highest BCUT2D eigenvalue weighted by atomic mass is 35.5. The van der Waals surface area contributed by atoms with E-state index in [4.69, 9.17) is 44.3 Å². The van der Waals surface area contributed by atoms with Crippen LogP contribution in [0.3, 0.4) is 0 Å². The second-order valence-electron chi connectivity index (χ2n) is 12.0. The molecule has 0 spiro atoms. The SMILES string of the molecule is CCOP(=O)(OCC)[C@@](CO)(COCc1nn[nH]n1)OC[C@H]1O[C@@H](n2ncc3c(NC4CCCC4)nc(Cl)nc32)[C@@H]2OC(C)(C)O[C@@H]21. The average Bonchev–Trinajstić information content (AvgIpc) is 3.86. The summed E-state index contributed by atoms with van der Waals surface area (Å²) in [6.07, 6.45) is 3.22. The molecule has 47 heavy (non-hydrogen) atoms. The summed E-state index contributed by atoms with van der Waals surface area (Å²) in [7, 11) is -4.14. The van der Waals surface area contributed by atoms with Crippen LogP contribution in [0.1, 0.15) is 65.4 Å². The van der Waals surface area contributed by atoms with E-state index < -0.39 is 56.5 Å². The third-order valence-electron chi connectivity index (χ3n) is 8.30. The summed E-state index contributed by atoms with van der Waals surface area (Å²) in [6, 6.07) is 0.292. The van der Waals surface area contributed by atoms with Gasteiger partial charge in [0, 0.05) is 6.04 Å². The van der Waals surface area contributed by atoms with Crippen LogP contribution in [0, 0.1) is 0 Å². The van der Waals surface area contributed by atoms with Gasteiger partial charge in [-0.15, -0.1) is 10.2 Å². The normalized spacial score (nSPS) is 25.8. The van der Waals surface area contributed by atoms with Gasteiger partial charge in [-0.2, -0.15) is 20.3 Å². The Morgan fingerprint density at radius 1 is 1.19 bits per heavy atom. The van der Waals surface area contributed by atoms with Crippen molar-refractivity contribution in [2.24, 2.45) is 0 Å². The third-order valence-corrected chi connectivity index (χ3v) is 11.1. The molecule has 3 fully saturated rings. The maximum atomic E-state index is 14.2. The highest BCUT2D eigenvalue weighted by Crippen LogP contribution is 2.61. The molecule has 2 aliphatic heterocycles. The standard InChI is InChI=1S/C27H41ClN9O9P/c1-5-42-47(39,43-6-2)27(14-38,15-40-13-19-33-35-36-34-19)41-12-18-20-21(46-26(3,4)45-20)24(44-18)37-23-17(11-29-37)22(31-25(28)32-23)30-16-9-7-8-10-16/h11,16,18,20-21,24,38H,5-10,12-15H2,1-4H3,(H,30,31,32)(H,33,34,35,36)/t18-,20-,21-,24-,27+/m1/s1. The van der Waals surface area contributed by atoms with Gasteiger partial charge >= 0.3 is 7.60 Å². The molecule has 5 atom stereocenters. The molecule has 1 saturated carbocycles. The Hall–Kier alpha value is -2.38. The van der Waals surface area contributed by atoms with E-state index >= 15 is 0 Å². The maximum Gasteiger partial charge on any atom is 0.367 e. The van der Waals surface area contributed by atoms with Crippen molar-refractivity contribution in [1.29, 1.82) is 0 Å².